The number of hydrogen-bond acceptors (Lipinski definition) is 5. The molecule has 2 unspecified atom stereocenters. The molecule has 4 atom stereocenters. The van der Waals surface area contributed by atoms with Gasteiger partial charge in [0.05, 0.1) is 5.56 Å². The van der Waals surface area contributed by atoms with Gasteiger partial charge in [0, 0.05) is 24.8 Å². The topological polar surface area (TPSA) is 82.8 Å². The van der Waals surface area contributed by atoms with Gasteiger partial charge in [-0.3, -0.25) is 14.5 Å². The Morgan fingerprint density at radius 3 is 2.48 bits per heavy atom. The second kappa shape index (κ2) is 8.11. The number of hydrogen-bond donors (Lipinski definition) is 2. The van der Waals surface area contributed by atoms with Gasteiger partial charge in [-0.25, -0.2) is 0 Å². The normalized spacial score (nSPS) is 23.8. The van der Waals surface area contributed by atoms with Crippen LogP contribution in [0.2, 0.25) is 0 Å². The number of nitrogens with one attached hydrogen (secondary N) is 1. The van der Waals surface area contributed by atoms with Crippen molar-refractivity contribution < 1.29 is 23.1 Å². The monoisotopic (exact) mass is 459 g/mol. The highest BCUT2D eigenvalue weighted by molar-refractivity contribution is 5.91. The van der Waals surface area contributed by atoms with Crippen molar-refractivity contribution >= 4 is 11.6 Å². The van der Waals surface area contributed by atoms with Crippen LogP contribution in [0.5, 0.6) is 0 Å². The fraction of sp³-hybridized carbons (Fsp3) is 0.435. The number of aliphatic hydroxyl groups excluding tert-OH is 1. The van der Waals surface area contributed by atoms with Crippen molar-refractivity contribution in [2.24, 2.45) is 11.8 Å². The summed E-state index contributed by atoms with van der Waals surface area (Å²) in [5.74, 6) is 0.0473. The number of carbonyl (C=O) groups excluding carboxylic acids is 1. The highest BCUT2D eigenvalue weighted by Crippen LogP contribution is 2.49. The van der Waals surface area contributed by atoms with E-state index >= 15 is 0 Å². The third-order valence-corrected chi connectivity index (χ3v) is 6.95. The first-order valence-corrected chi connectivity index (χ1v) is 10.9. The molecule has 1 aliphatic carbocycles. The molecule has 2 N–H and O–H groups in total. The average molecular weight is 459 g/mol. The lowest BCUT2D eigenvalue weighted by Gasteiger charge is -2.21. The van der Waals surface area contributed by atoms with Gasteiger partial charge in [-0.2, -0.15) is 13.2 Å². The third-order valence-electron chi connectivity index (χ3n) is 6.95. The van der Waals surface area contributed by atoms with Gasteiger partial charge in [0.15, 0.2) is 5.65 Å². The zero-order valence-corrected chi connectivity index (χ0v) is 18.0. The maximum absolute atomic E-state index is 13.5. The van der Waals surface area contributed by atoms with E-state index < -0.39 is 18.0 Å². The van der Waals surface area contributed by atoms with E-state index in [0.717, 1.165) is 6.07 Å². The number of likely N-dealkylation sites (tertiary alicyclic amines) is 1. The Bertz CT molecular complexity index is 1180. The predicted octanol–water partition coefficient (Wildman–Crippen LogP) is 3.22. The number of pyridine rings is 1. The molecule has 3 aromatic rings. The summed E-state index contributed by atoms with van der Waals surface area (Å²) in [7, 11) is 1.62. The predicted molar refractivity (Wildman–Crippen MR) is 113 cm³/mol. The summed E-state index contributed by atoms with van der Waals surface area (Å²) < 4.78 is 41.9. The minimum atomic E-state index is -4.37. The summed E-state index contributed by atoms with van der Waals surface area (Å²) in [5, 5.41) is 20.9. The van der Waals surface area contributed by atoms with Crippen molar-refractivity contribution in [3.05, 3.63) is 65.1 Å². The van der Waals surface area contributed by atoms with Crippen LogP contribution in [0.25, 0.3) is 5.65 Å². The van der Waals surface area contributed by atoms with Gasteiger partial charge in [0.25, 0.3) is 5.91 Å². The lowest BCUT2D eigenvalue weighted by Crippen LogP contribution is -2.31. The first-order chi connectivity index (χ1) is 15.8. The molecule has 0 bridgehead atoms. The highest BCUT2D eigenvalue weighted by atomic mass is 19.4. The van der Waals surface area contributed by atoms with Crippen molar-refractivity contribution in [3.63, 3.8) is 0 Å². The van der Waals surface area contributed by atoms with Gasteiger partial charge in [0.2, 0.25) is 5.82 Å². The largest absolute Gasteiger partial charge is 0.416 e. The fourth-order valence-corrected chi connectivity index (χ4v) is 5.35. The molecule has 2 aliphatic rings. The molecule has 1 aliphatic heterocycles. The molecular formula is C23H24F3N5O2. The molecule has 10 heteroatoms. The van der Waals surface area contributed by atoms with Crippen LogP contribution < -0.4 is 5.32 Å². The molecule has 1 amide bonds. The van der Waals surface area contributed by atoms with Gasteiger partial charge in [-0.15, -0.1) is 10.2 Å². The Hall–Kier alpha value is -2.98. The lowest BCUT2D eigenvalue weighted by atomic mass is 9.91. The Morgan fingerprint density at radius 2 is 1.82 bits per heavy atom. The first kappa shape index (κ1) is 21.8. The smallest absolute Gasteiger partial charge is 0.374 e. The minimum absolute atomic E-state index is 0.154. The molecule has 2 fully saturated rings. The Labute approximate surface area is 188 Å². The second-order valence-electron chi connectivity index (χ2n) is 8.89. The molecule has 33 heavy (non-hydrogen) atoms. The molecule has 1 aromatic carbocycles. The summed E-state index contributed by atoms with van der Waals surface area (Å²) in [6.07, 6.45) is -2.38. The molecule has 174 valence electrons. The van der Waals surface area contributed by atoms with Gasteiger partial charge >= 0.3 is 6.18 Å². The van der Waals surface area contributed by atoms with Gasteiger partial charge in [-0.05, 0) is 61.4 Å². The van der Waals surface area contributed by atoms with Gasteiger partial charge < -0.3 is 10.0 Å². The summed E-state index contributed by atoms with van der Waals surface area (Å²) in [4.78, 5) is 14.9. The van der Waals surface area contributed by atoms with Crippen molar-refractivity contribution in [1.82, 2.24) is 24.8 Å². The molecule has 2 aromatic heterocycles. The van der Waals surface area contributed by atoms with Crippen molar-refractivity contribution in [2.45, 2.75) is 31.2 Å². The van der Waals surface area contributed by atoms with Crippen LogP contribution in [0.4, 0.5) is 13.2 Å². The third kappa shape index (κ3) is 3.87. The van der Waals surface area contributed by atoms with E-state index in [4.69, 9.17) is 0 Å². The van der Waals surface area contributed by atoms with Crippen LogP contribution >= 0.6 is 0 Å². The molecule has 5 rings (SSSR count). The zero-order valence-electron chi connectivity index (χ0n) is 18.0. The van der Waals surface area contributed by atoms with Crippen LogP contribution in [-0.2, 0) is 6.18 Å². The number of alkyl halides is 3. The summed E-state index contributed by atoms with van der Waals surface area (Å²) in [6.45, 7) is 0.976. The Morgan fingerprint density at radius 1 is 1.12 bits per heavy atom. The minimum Gasteiger partial charge on any atom is -0.374 e. The maximum atomic E-state index is 13.5. The van der Waals surface area contributed by atoms with E-state index in [-0.39, 0.29) is 29.5 Å². The number of benzene rings is 1. The fourth-order valence-electron chi connectivity index (χ4n) is 5.35. The van der Waals surface area contributed by atoms with E-state index in [0.29, 0.717) is 42.7 Å². The van der Waals surface area contributed by atoms with E-state index in [1.165, 1.54) is 6.07 Å². The lowest BCUT2D eigenvalue weighted by molar-refractivity contribution is -0.138. The molecule has 1 saturated carbocycles. The van der Waals surface area contributed by atoms with Crippen LogP contribution in [0.15, 0.2) is 42.6 Å². The van der Waals surface area contributed by atoms with Gasteiger partial charge in [-0.1, -0.05) is 18.2 Å². The molecule has 0 spiro atoms. The van der Waals surface area contributed by atoms with Crippen molar-refractivity contribution in [2.75, 3.05) is 20.1 Å². The number of aromatic nitrogens is 3. The number of nitrogens with zero attached hydrogens (tertiary/aromatic N) is 4. The number of aliphatic hydroxyl groups is 1. The molecule has 1 saturated heterocycles. The maximum Gasteiger partial charge on any atom is 0.416 e. The molecule has 7 nitrogen and oxygen atoms in total. The molecule has 3 heterocycles. The van der Waals surface area contributed by atoms with Crippen LogP contribution in [0.1, 0.15) is 52.3 Å². The van der Waals surface area contributed by atoms with Crippen molar-refractivity contribution in [3.8, 4) is 0 Å². The number of rotatable bonds is 4. The van der Waals surface area contributed by atoms with E-state index in [1.807, 2.05) is 0 Å². The Kier molecular flexibility index (Phi) is 5.37. The number of fused-ring (bicyclic) bond motifs is 2. The number of halogens is 3. The first-order valence-electron chi connectivity index (χ1n) is 10.9. The van der Waals surface area contributed by atoms with Crippen LogP contribution in [0, 0.1) is 11.8 Å². The molecular weight excluding hydrogens is 435 g/mol. The van der Waals surface area contributed by atoms with E-state index in [2.05, 4.69) is 15.5 Å². The number of carbonyl (C=O) groups is 1. The standard InChI is InChI=1S/C23H24F3N5O2/c1-27-21(32)13-6-7-19-28-29-20(31(19)12-13)22(33)30-10-15-8-14(9-16(15)11-30)17-4-2-3-5-18(17)23(24,25)26/h2-7,12,14-16,21,27,32H,8-11H2,1H3/t14?,15-,16+,21?. The van der Waals surface area contributed by atoms with Crippen LogP contribution in [-0.4, -0.2) is 50.6 Å². The number of amides is 1. The highest BCUT2D eigenvalue weighted by Gasteiger charge is 2.45. The van der Waals surface area contributed by atoms with Gasteiger partial charge in [0.1, 0.15) is 6.23 Å². The van der Waals surface area contributed by atoms with E-state index in [1.54, 1.807) is 46.8 Å². The summed E-state index contributed by atoms with van der Waals surface area (Å²) >= 11 is 0. The molecule has 0 radical (unpaired) electrons. The van der Waals surface area contributed by atoms with Crippen LogP contribution in [0.3, 0.4) is 0 Å². The average Bonchev–Trinajstić information content (AvgIpc) is 3.50. The Balaban J connectivity index is 1.33. The second-order valence-corrected chi connectivity index (χ2v) is 8.89. The zero-order chi connectivity index (χ0) is 23.3. The van der Waals surface area contributed by atoms with Crippen molar-refractivity contribution in [1.29, 1.82) is 0 Å². The SMILES string of the molecule is CNC(O)c1ccc2nnc(C(=O)N3C[C@H]4CC(c5ccccc5C(F)(F)F)C[C@H]4C3)n2c1. The quantitative estimate of drug-likeness (QED) is 0.586. The van der Waals surface area contributed by atoms with E-state index in [9.17, 15) is 23.1 Å². The summed E-state index contributed by atoms with van der Waals surface area (Å²) in [6, 6.07) is 9.20. The summed E-state index contributed by atoms with van der Waals surface area (Å²) in [5.41, 5.74) is 0.866.